The van der Waals surface area contributed by atoms with E-state index in [2.05, 4.69) is 16.9 Å². The Morgan fingerprint density at radius 2 is 1.70 bits per heavy atom. The maximum Gasteiger partial charge on any atom is 0.216 e. The van der Waals surface area contributed by atoms with Crippen molar-refractivity contribution in [3.63, 3.8) is 0 Å². The van der Waals surface area contributed by atoms with Crippen molar-refractivity contribution in [2.75, 3.05) is 7.11 Å². The average molecular weight is 279 g/mol. The van der Waals surface area contributed by atoms with Crippen molar-refractivity contribution in [1.29, 1.82) is 0 Å². The summed E-state index contributed by atoms with van der Waals surface area (Å²) >= 11 is 0. The number of ether oxygens (including phenoxy) is 1. The quantitative estimate of drug-likeness (QED) is 0.622. The van der Waals surface area contributed by atoms with E-state index in [-0.39, 0.29) is 6.04 Å². The normalized spacial score (nSPS) is 12.3. The lowest BCUT2D eigenvalue weighted by atomic mass is 10.0. The van der Waals surface area contributed by atoms with Crippen LogP contribution in [0, 0.1) is 0 Å². The Bertz CT molecular complexity index is 357. The molecule has 0 bridgehead atoms. The Hall–Kier alpha value is -1.16. The van der Waals surface area contributed by atoms with E-state index in [1.54, 1.807) is 7.11 Å². The molecule has 4 nitrogen and oxygen atoms in total. The van der Waals surface area contributed by atoms with Gasteiger partial charge in [-0.05, 0) is 6.42 Å². The molecule has 2 N–H and O–H groups in total. The lowest BCUT2D eigenvalue weighted by Crippen LogP contribution is -2.12. The molecule has 114 valence electrons. The van der Waals surface area contributed by atoms with E-state index >= 15 is 0 Å². The zero-order chi connectivity index (χ0) is 14.6. The van der Waals surface area contributed by atoms with E-state index < -0.39 is 0 Å². The van der Waals surface area contributed by atoms with E-state index in [1.807, 2.05) is 6.07 Å². The second kappa shape index (κ2) is 10.6. The highest BCUT2D eigenvalue weighted by molar-refractivity contribution is 5.15. The lowest BCUT2D eigenvalue weighted by Gasteiger charge is -2.11. The highest BCUT2D eigenvalue weighted by atomic mass is 16.5. The summed E-state index contributed by atoms with van der Waals surface area (Å²) in [6.07, 6.45) is 13.1. The Morgan fingerprint density at radius 1 is 1.05 bits per heavy atom. The second-order valence-electron chi connectivity index (χ2n) is 5.36. The third-order valence-corrected chi connectivity index (χ3v) is 3.62. The van der Waals surface area contributed by atoms with Crippen LogP contribution in [-0.4, -0.2) is 17.1 Å². The first kappa shape index (κ1) is 16.9. The predicted octanol–water partition coefficient (Wildman–Crippen LogP) is 4.02. The van der Waals surface area contributed by atoms with Crippen LogP contribution in [0.3, 0.4) is 0 Å². The molecule has 0 saturated heterocycles. The van der Waals surface area contributed by atoms with E-state index in [1.165, 1.54) is 57.7 Å². The predicted molar refractivity (Wildman–Crippen MR) is 82.7 cm³/mol. The summed E-state index contributed by atoms with van der Waals surface area (Å²) in [4.78, 5) is 8.22. The number of aromatic nitrogens is 2. The van der Waals surface area contributed by atoms with Gasteiger partial charge in [0, 0.05) is 12.1 Å². The van der Waals surface area contributed by atoms with Gasteiger partial charge < -0.3 is 10.5 Å². The van der Waals surface area contributed by atoms with Crippen molar-refractivity contribution in [2.45, 2.75) is 70.8 Å². The summed E-state index contributed by atoms with van der Waals surface area (Å²) in [6.45, 7) is 2.25. The van der Waals surface area contributed by atoms with Crippen LogP contribution in [0.2, 0.25) is 0 Å². The van der Waals surface area contributed by atoms with Crippen molar-refractivity contribution in [1.82, 2.24) is 9.97 Å². The number of unbranched alkanes of at least 4 members (excludes halogenated alkanes) is 7. The highest BCUT2D eigenvalue weighted by Gasteiger charge is 2.08. The molecule has 4 heteroatoms. The minimum Gasteiger partial charge on any atom is -0.481 e. The van der Waals surface area contributed by atoms with Crippen LogP contribution >= 0.6 is 0 Å². The zero-order valence-corrected chi connectivity index (χ0v) is 13.0. The van der Waals surface area contributed by atoms with Gasteiger partial charge in [-0.25, -0.2) is 9.97 Å². The molecule has 0 saturated carbocycles. The third kappa shape index (κ3) is 6.85. The number of hydrogen-bond donors (Lipinski definition) is 1. The summed E-state index contributed by atoms with van der Waals surface area (Å²) in [5.41, 5.74) is 7.03. The summed E-state index contributed by atoms with van der Waals surface area (Å²) in [5.74, 6) is 0.585. The summed E-state index contributed by atoms with van der Waals surface area (Å²) < 4.78 is 5.09. The molecule has 0 fully saturated rings. The molecular formula is C16H29N3O. The molecule has 0 radical (unpaired) electrons. The molecule has 0 aliphatic carbocycles. The molecule has 0 aromatic carbocycles. The first-order valence-corrected chi connectivity index (χ1v) is 7.89. The van der Waals surface area contributed by atoms with Crippen molar-refractivity contribution in [3.05, 3.63) is 18.1 Å². The number of nitrogens with zero attached hydrogens (tertiary/aromatic N) is 2. The maximum absolute atomic E-state index is 6.15. The molecule has 1 heterocycles. The van der Waals surface area contributed by atoms with Crippen LogP contribution in [0.1, 0.15) is 76.4 Å². The molecule has 1 aromatic rings. The minimum absolute atomic E-state index is 0.00742. The van der Waals surface area contributed by atoms with Crippen molar-refractivity contribution >= 4 is 0 Å². The molecular weight excluding hydrogens is 250 g/mol. The van der Waals surface area contributed by atoms with Crippen LogP contribution < -0.4 is 10.5 Å². The van der Waals surface area contributed by atoms with Crippen molar-refractivity contribution in [3.8, 4) is 5.88 Å². The average Bonchev–Trinajstić information content (AvgIpc) is 2.49. The van der Waals surface area contributed by atoms with E-state index in [9.17, 15) is 0 Å². The van der Waals surface area contributed by atoms with Gasteiger partial charge in [0.15, 0.2) is 0 Å². The molecule has 1 rings (SSSR count). The largest absolute Gasteiger partial charge is 0.481 e. The second-order valence-corrected chi connectivity index (χ2v) is 5.36. The lowest BCUT2D eigenvalue weighted by molar-refractivity contribution is 0.394. The molecule has 0 aliphatic rings. The summed E-state index contributed by atoms with van der Waals surface area (Å²) in [6, 6.07) is 1.82. The summed E-state index contributed by atoms with van der Waals surface area (Å²) in [7, 11) is 1.61. The fourth-order valence-corrected chi connectivity index (χ4v) is 2.31. The fourth-order valence-electron chi connectivity index (χ4n) is 2.31. The molecule has 1 unspecified atom stereocenters. The van der Waals surface area contributed by atoms with Gasteiger partial charge in [-0.15, -0.1) is 0 Å². The van der Waals surface area contributed by atoms with Crippen LogP contribution in [0.15, 0.2) is 12.4 Å². The maximum atomic E-state index is 6.15. The van der Waals surface area contributed by atoms with Gasteiger partial charge in [0.05, 0.1) is 12.8 Å². The first-order chi connectivity index (χ1) is 9.77. The number of methoxy groups -OCH3 is 1. The van der Waals surface area contributed by atoms with Gasteiger partial charge >= 0.3 is 0 Å². The van der Waals surface area contributed by atoms with E-state index in [0.717, 1.165) is 12.1 Å². The van der Waals surface area contributed by atoms with Crippen LogP contribution in [0.5, 0.6) is 5.88 Å². The third-order valence-electron chi connectivity index (χ3n) is 3.62. The topological polar surface area (TPSA) is 61.0 Å². The van der Waals surface area contributed by atoms with Gasteiger partial charge in [-0.1, -0.05) is 58.3 Å². The first-order valence-electron chi connectivity index (χ1n) is 7.89. The Morgan fingerprint density at radius 3 is 2.35 bits per heavy atom. The molecule has 1 atom stereocenters. The molecule has 1 aromatic heterocycles. The van der Waals surface area contributed by atoms with E-state index in [0.29, 0.717) is 5.88 Å². The standard InChI is InChI=1S/C16H29N3O/c1-3-4-5-6-7-8-9-10-11-14(17)15-12-16(20-2)19-13-18-15/h12-14H,3-11,17H2,1-2H3. The van der Waals surface area contributed by atoms with Crippen LogP contribution in [0.4, 0.5) is 0 Å². The smallest absolute Gasteiger partial charge is 0.216 e. The fraction of sp³-hybridized carbons (Fsp3) is 0.750. The van der Waals surface area contributed by atoms with E-state index in [4.69, 9.17) is 10.5 Å². The SMILES string of the molecule is CCCCCCCCCCC(N)c1cc(OC)ncn1. The van der Waals surface area contributed by atoms with Gasteiger partial charge in [-0.2, -0.15) is 0 Å². The number of nitrogens with two attached hydrogens (primary N) is 1. The molecule has 20 heavy (non-hydrogen) atoms. The van der Waals surface area contributed by atoms with Crippen LogP contribution in [-0.2, 0) is 0 Å². The monoisotopic (exact) mass is 279 g/mol. The highest BCUT2D eigenvalue weighted by Crippen LogP contribution is 2.18. The number of hydrogen-bond acceptors (Lipinski definition) is 4. The van der Waals surface area contributed by atoms with Crippen LogP contribution in [0.25, 0.3) is 0 Å². The Kier molecular flexibility index (Phi) is 8.96. The molecule has 0 spiro atoms. The van der Waals surface area contributed by atoms with Gasteiger partial charge in [-0.3, -0.25) is 0 Å². The van der Waals surface area contributed by atoms with Crippen molar-refractivity contribution in [2.24, 2.45) is 5.73 Å². The zero-order valence-electron chi connectivity index (χ0n) is 13.0. The molecule has 0 aliphatic heterocycles. The Balaban J connectivity index is 2.12. The van der Waals surface area contributed by atoms with Crippen molar-refractivity contribution < 1.29 is 4.74 Å². The Labute approximate surface area is 123 Å². The van der Waals surface area contributed by atoms with Gasteiger partial charge in [0.25, 0.3) is 0 Å². The summed E-state index contributed by atoms with van der Waals surface area (Å²) in [5, 5.41) is 0. The molecule has 0 amide bonds. The number of rotatable bonds is 11. The van der Waals surface area contributed by atoms with Gasteiger partial charge in [0.2, 0.25) is 5.88 Å². The minimum atomic E-state index is -0.00742. The van der Waals surface area contributed by atoms with Gasteiger partial charge in [0.1, 0.15) is 6.33 Å².